The fourth-order valence-corrected chi connectivity index (χ4v) is 3.14. The molecule has 0 aliphatic heterocycles. The molecule has 1 atom stereocenters. The Labute approximate surface area is 105 Å². The van der Waals surface area contributed by atoms with Crippen molar-refractivity contribution in [1.29, 1.82) is 0 Å². The van der Waals surface area contributed by atoms with Crippen molar-refractivity contribution in [1.82, 2.24) is 0 Å². The summed E-state index contributed by atoms with van der Waals surface area (Å²) in [4.78, 5) is 10.8. The molecule has 1 aromatic carbocycles. The Balaban J connectivity index is 1.93. The largest absolute Gasteiger partial charge is 0.302 e. The number of benzene rings is 1. The molecule has 1 aromatic rings. The number of aldehydes is 1. The second kappa shape index (κ2) is 5.62. The smallest absolute Gasteiger partial charge is 0.133 e. The molecule has 0 aromatic heterocycles. The molecule has 0 heterocycles. The average Bonchev–Trinajstić information content (AvgIpc) is 2.39. The van der Waals surface area contributed by atoms with Gasteiger partial charge in [-0.1, -0.05) is 46.3 Å². The van der Waals surface area contributed by atoms with Gasteiger partial charge < -0.3 is 4.79 Å². The molecule has 0 N–H and O–H groups in total. The van der Waals surface area contributed by atoms with E-state index in [0.717, 1.165) is 19.1 Å². The summed E-state index contributed by atoms with van der Waals surface area (Å²) in [6, 6.07) is 10.7. The lowest BCUT2D eigenvalue weighted by atomic mass is 9.78. The van der Waals surface area contributed by atoms with Crippen LogP contribution in [-0.4, -0.2) is 11.1 Å². The van der Waals surface area contributed by atoms with E-state index < -0.39 is 0 Å². The van der Waals surface area contributed by atoms with Gasteiger partial charge in [-0.15, -0.1) is 0 Å². The maximum atomic E-state index is 10.7. The van der Waals surface area contributed by atoms with Crippen molar-refractivity contribution in [2.45, 2.75) is 36.4 Å². The molecule has 0 bridgehead atoms. The third-order valence-electron chi connectivity index (χ3n) is 3.62. The van der Waals surface area contributed by atoms with Crippen LogP contribution in [-0.2, 0) is 4.79 Å². The van der Waals surface area contributed by atoms with Crippen molar-refractivity contribution in [2.75, 3.05) is 0 Å². The summed E-state index contributed by atoms with van der Waals surface area (Å²) in [5, 5.41) is 0. The third kappa shape index (κ3) is 2.73. The highest BCUT2D eigenvalue weighted by molar-refractivity contribution is 9.09. The zero-order chi connectivity index (χ0) is 11.4. The van der Waals surface area contributed by atoms with Crippen molar-refractivity contribution < 1.29 is 4.79 Å². The first-order chi connectivity index (χ1) is 7.81. The Kier molecular flexibility index (Phi) is 4.16. The van der Waals surface area contributed by atoms with Crippen LogP contribution < -0.4 is 0 Å². The topological polar surface area (TPSA) is 17.1 Å². The van der Waals surface area contributed by atoms with Crippen molar-refractivity contribution in [3.05, 3.63) is 35.9 Å². The van der Waals surface area contributed by atoms with Crippen LogP contribution in [0.1, 0.15) is 37.2 Å². The maximum absolute atomic E-state index is 10.7. The maximum Gasteiger partial charge on any atom is 0.133 e. The van der Waals surface area contributed by atoms with Gasteiger partial charge in [-0.2, -0.15) is 0 Å². The Morgan fingerprint density at radius 1 is 1.12 bits per heavy atom. The summed E-state index contributed by atoms with van der Waals surface area (Å²) in [7, 11) is 0. The van der Waals surface area contributed by atoms with E-state index >= 15 is 0 Å². The fourth-order valence-electron chi connectivity index (χ4n) is 2.61. The first-order valence-corrected chi connectivity index (χ1v) is 6.87. The minimum absolute atomic E-state index is 0.0595. The van der Waals surface area contributed by atoms with Gasteiger partial charge in [-0.3, -0.25) is 0 Å². The van der Waals surface area contributed by atoms with Crippen molar-refractivity contribution in [3.8, 4) is 0 Å². The number of hydrogen-bond donors (Lipinski definition) is 0. The standard InChI is InChI=1S/C14H17BrO/c15-14(10-16)13-8-6-12(7-9-13)11-4-2-1-3-5-11/h1-5,10,12-14H,6-9H2. The van der Waals surface area contributed by atoms with E-state index in [-0.39, 0.29) is 4.83 Å². The molecule has 0 spiro atoms. The summed E-state index contributed by atoms with van der Waals surface area (Å²) in [6.07, 6.45) is 5.78. The highest BCUT2D eigenvalue weighted by Crippen LogP contribution is 2.38. The fraction of sp³-hybridized carbons (Fsp3) is 0.500. The molecule has 16 heavy (non-hydrogen) atoms. The van der Waals surface area contributed by atoms with Crippen LogP contribution in [0.5, 0.6) is 0 Å². The number of halogens is 1. The average molecular weight is 281 g/mol. The minimum Gasteiger partial charge on any atom is -0.302 e. The molecule has 2 rings (SSSR count). The molecule has 0 amide bonds. The second-order valence-electron chi connectivity index (χ2n) is 4.60. The molecule has 2 heteroatoms. The van der Waals surface area contributed by atoms with Gasteiger partial charge in [0.2, 0.25) is 0 Å². The Morgan fingerprint density at radius 3 is 2.31 bits per heavy atom. The van der Waals surface area contributed by atoms with Gasteiger partial charge in [0.1, 0.15) is 6.29 Å². The van der Waals surface area contributed by atoms with Gasteiger partial charge in [0.15, 0.2) is 0 Å². The number of rotatable bonds is 3. The van der Waals surface area contributed by atoms with Crippen molar-refractivity contribution >= 4 is 22.2 Å². The lowest BCUT2D eigenvalue weighted by Crippen LogP contribution is -2.21. The Morgan fingerprint density at radius 2 is 1.75 bits per heavy atom. The van der Waals surface area contributed by atoms with Gasteiger partial charge in [-0.25, -0.2) is 0 Å². The Bertz CT molecular complexity index is 328. The molecule has 1 unspecified atom stereocenters. The molecule has 1 saturated carbocycles. The van der Waals surface area contributed by atoms with Crippen LogP contribution in [0.4, 0.5) is 0 Å². The molecule has 1 nitrogen and oxygen atoms in total. The molecule has 0 saturated heterocycles. The molecular formula is C14H17BrO. The predicted molar refractivity (Wildman–Crippen MR) is 69.9 cm³/mol. The van der Waals surface area contributed by atoms with Gasteiger partial charge in [0.05, 0.1) is 4.83 Å². The third-order valence-corrected chi connectivity index (χ3v) is 4.59. The van der Waals surface area contributed by atoms with Crippen molar-refractivity contribution in [3.63, 3.8) is 0 Å². The van der Waals surface area contributed by atoms with Crippen molar-refractivity contribution in [2.24, 2.45) is 5.92 Å². The van der Waals surface area contributed by atoms with Crippen LogP contribution in [0.25, 0.3) is 0 Å². The SMILES string of the molecule is O=CC(Br)C1CCC(c2ccccc2)CC1. The number of hydrogen-bond acceptors (Lipinski definition) is 1. The van der Waals surface area contributed by atoms with Crippen LogP contribution in [0.15, 0.2) is 30.3 Å². The normalized spacial score (nSPS) is 27.3. The van der Waals surface area contributed by atoms with Gasteiger partial charge >= 0.3 is 0 Å². The highest BCUT2D eigenvalue weighted by Gasteiger charge is 2.26. The lowest BCUT2D eigenvalue weighted by molar-refractivity contribution is -0.108. The number of carbonyl (C=O) groups is 1. The van der Waals surface area contributed by atoms with E-state index in [1.165, 1.54) is 18.4 Å². The summed E-state index contributed by atoms with van der Waals surface area (Å²) in [5.41, 5.74) is 1.46. The van der Waals surface area contributed by atoms with Gasteiger partial charge in [0.25, 0.3) is 0 Å². The summed E-state index contributed by atoms with van der Waals surface area (Å²) >= 11 is 3.45. The lowest BCUT2D eigenvalue weighted by Gasteiger charge is -2.29. The summed E-state index contributed by atoms with van der Waals surface area (Å²) in [6.45, 7) is 0. The van der Waals surface area contributed by atoms with E-state index in [0.29, 0.717) is 11.8 Å². The van der Waals surface area contributed by atoms with Crippen LogP contribution >= 0.6 is 15.9 Å². The van der Waals surface area contributed by atoms with Crippen LogP contribution in [0.2, 0.25) is 0 Å². The monoisotopic (exact) mass is 280 g/mol. The predicted octanol–water partition coefficient (Wildman–Crippen LogP) is 3.92. The van der Waals surface area contributed by atoms with Gasteiger partial charge in [0, 0.05) is 0 Å². The summed E-state index contributed by atoms with van der Waals surface area (Å²) in [5.74, 6) is 1.24. The van der Waals surface area contributed by atoms with E-state index in [2.05, 4.69) is 46.3 Å². The van der Waals surface area contributed by atoms with E-state index in [1.54, 1.807) is 0 Å². The second-order valence-corrected chi connectivity index (χ2v) is 5.66. The van der Waals surface area contributed by atoms with E-state index in [4.69, 9.17) is 0 Å². The number of alkyl halides is 1. The number of carbonyl (C=O) groups excluding carboxylic acids is 1. The molecule has 1 aliphatic carbocycles. The van der Waals surface area contributed by atoms with Gasteiger partial charge in [-0.05, 0) is 43.1 Å². The van der Waals surface area contributed by atoms with Crippen LogP contribution in [0.3, 0.4) is 0 Å². The molecule has 1 fully saturated rings. The van der Waals surface area contributed by atoms with Crippen LogP contribution in [0, 0.1) is 5.92 Å². The molecule has 86 valence electrons. The summed E-state index contributed by atoms with van der Waals surface area (Å²) < 4.78 is 0. The Hall–Kier alpha value is -0.630. The zero-order valence-electron chi connectivity index (χ0n) is 9.31. The van der Waals surface area contributed by atoms with E-state index in [1.807, 2.05) is 0 Å². The molecule has 0 radical (unpaired) electrons. The van der Waals surface area contributed by atoms with E-state index in [9.17, 15) is 4.79 Å². The first kappa shape index (κ1) is 11.8. The highest BCUT2D eigenvalue weighted by atomic mass is 79.9. The zero-order valence-corrected chi connectivity index (χ0v) is 10.9. The minimum atomic E-state index is 0.0595. The molecular weight excluding hydrogens is 264 g/mol. The first-order valence-electron chi connectivity index (χ1n) is 5.95. The quantitative estimate of drug-likeness (QED) is 0.606. The molecule has 1 aliphatic rings.